The minimum absolute atomic E-state index is 0.0559. The largest absolute Gasteiger partial charge is 0.465 e. The fourth-order valence-electron chi connectivity index (χ4n) is 2.08. The van der Waals surface area contributed by atoms with Crippen molar-refractivity contribution in [2.24, 2.45) is 0 Å². The molecular weight excluding hydrogens is 316 g/mol. The van der Waals surface area contributed by atoms with Crippen LogP contribution in [0.5, 0.6) is 0 Å². The smallest absolute Gasteiger partial charge is 0.326 e. The van der Waals surface area contributed by atoms with Gasteiger partial charge < -0.3 is 9.30 Å². The third kappa shape index (κ3) is 3.19. The molecule has 0 bridgehead atoms. The first kappa shape index (κ1) is 15.8. The number of benzene rings is 1. The van der Waals surface area contributed by atoms with Gasteiger partial charge in [0, 0.05) is 6.26 Å². The quantitative estimate of drug-likeness (QED) is 0.616. The topological polar surface area (TPSA) is 78.3 Å². The minimum Gasteiger partial charge on any atom is -0.465 e. The molecule has 0 unspecified atom stereocenters. The van der Waals surface area contributed by atoms with Crippen LogP contribution >= 0.6 is 11.6 Å². The summed E-state index contributed by atoms with van der Waals surface area (Å²) in [4.78, 5) is 16.0. The Labute approximate surface area is 127 Å². The molecule has 0 atom stereocenters. The van der Waals surface area contributed by atoms with Gasteiger partial charge in [0.25, 0.3) is 0 Å². The normalized spacial score (nSPS) is 11.8. The highest BCUT2D eigenvalue weighted by Gasteiger charge is 2.19. The lowest BCUT2D eigenvalue weighted by molar-refractivity contribution is -0.143. The van der Waals surface area contributed by atoms with Crippen molar-refractivity contribution in [2.45, 2.75) is 24.2 Å². The van der Waals surface area contributed by atoms with E-state index in [1.807, 2.05) is 0 Å². The summed E-state index contributed by atoms with van der Waals surface area (Å²) in [7, 11) is -3.41. The van der Waals surface area contributed by atoms with Crippen LogP contribution in [-0.2, 0) is 31.8 Å². The molecule has 0 saturated carbocycles. The molecular formula is C13H15ClN2O4S. The number of rotatable bonds is 5. The van der Waals surface area contributed by atoms with Crippen LogP contribution in [0.4, 0.5) is 0 Å². The average Bonchev–Trinajstić information content (AvgIpc) is 2.76. The Hall–Kier alpha value is -1.60. The van der Waals surface area contributed by atoms with E-state index in [1.165, 1.54) is 6.07 Å². The minimum atomic E-state index is -3.41. The van der Waals surface area contributed by atoms with Crippen molar-refractivity contribution < 1.29 is 17.9 Å². The monoisotopic (exact) mass is 330 g/mol. The molecule has 114 valence electrons. The Kier molecular flexibility index (Phi) is 4.53. The number of carbonyl (C=O) groups excluding carboxylic acids is 1. The Morgan fingerprint density at radius 1 is 1.43 bits per heavy atom. The number of esters is 1. The van der Waals surface area contributed by atoms with Gasteiger partial charge in [-0.05, 0) is 19.1 Å². The predicted octanol–water partition coefficient (Wildman–Crippen LogP) is 1.74. The Bertz CT molecular complexity index is 783. The second kappa shape index (κ2) is 6.03. The summed E-state index contributed by atoms with van der Waals surface area (Å²) in [5.74, 6) is 0.0702. The summed E-state index contributed by atoms with van der Waals surface area (Å²) < 4.78 is 30.1. The molecule has 21 heavy (non-hydrogen) atoms. The molecule has 2 rings (SSSR count). The van der Waals surface area contributed by atoms with Crippen LogP contribution in [0.2, 0.25) is 0 Å². The van der Waals surface area contributed by atoms with Crippen molar-refractivity contribution in [1.29, 1.82) is 0 Å². The summed E-state index contributed by atoms with van der Waals surface area (Å²) in [5.41, 5.74) is 0.863. The Balaban J connectivity index is 2.63. The van der Waals surface area contributed by atoms with Gasteiger partial charge in [-0.1, -0.05) is 6.07 Å². The van der Waals surface area contributed by atoms with Crippen molar-refractivity contribution >= 4 is 38.4 Å². The van der Waals surface area contributed by atoms with Crippen molar-refractivity contribution in [2.75, 3.05) is 12.9 Å². The van der Waals surface area contributed by atoms with Gasteiger partial charge in [-0.2, -0.15) is 0 Å². The highest BCUT2D eigenvalue weighted by molar-refractivity contribution is 7.91. The number of aromatic nitrogens is 2. The first-order valence-corrected chi connectivity index (χ1v) is 8.70. The van der Waals surface area contributed by atoms with Crippen molar-refractivity contribution in [3.8, 4) is 0 Å². The molecule has 0 aliphatic carbocycles. The Morgan fingerprint density at radius 2 is 2.14 bits per heavy atom. The number of carbonyl (C=O) groups is 1. The zero-order valence-corrected chi connectivity index (χ0v) is 13.2. The van der Waals surface area contributed by atoms with Crippen LogP contribution < -0.4 is 0 Å². The molecule has 0 radical (unpaired) electrons. The fourth-order valence-corrected chi connectivity index (χ4v) is 3.11. The molecule has 1 aromatic carbocycles. The lowest BCUT2D eigenvalue weighted by Gasteiger charge is -2.07. The molecule has 1 heterocycles. The number of hydrogen-bond acceptors (Lipinski definition) is 5. The molecule has 8 heteroatoms. The highest BCUT2D eigenvalue weighted by Crippen LogP contribution is 2.24. The van der Waals surface area contributed by atoms with E-state index in [1.54, 1.807) is 23.6 Å². The first-order chi connectivity index (χ1) is 9.88. The summed E-state index contributed by atoms with van der Waals surface area (Å²) in [5, 5.41) is 0. The summed E-state index contributed by atoms with van der Waals surface area (Å²) in [6.45, 7) is 1.93. The molecule has 0 amide bonds. The second-order valence-electron chi connectivity index (χ2n) is 4.45. The van der Waals surface area contributed by atoms with E-state index in [2.05, 4.69) is 4.98 Å². The molecule has 0 fully saturated rings. The van der Waals surface area contributed by atoms with Gasteiger partial charge in [0.05, 0.1) is 22.9 Å². The van der Waals surface area contributed by atoms with Gasteiger partial charge in [0.1, 0.15) is 17.9 Å². The highest BCUT2D eigenvalue weighted by atomic mass is 35.5. The zero-order valence-electron chi connectivity index (χ0n) is 11.7. The summed E-state index contributed by atoms with van der Waals surface area (Å²) in [6.07, 6.45) is 1.12. The lowest BCUT2D eigenvalue weighted by Crippen LogP contribution is -2.15. The maximum Gasteiger partial charge on any atom is 0.326 e. The molecule has 1 aromatic heterocycles. The number of imidazole rings is 1. The number of sulfone groups is 1. The number of alkyl halides is 1. The molecule has 0 aliphatic heterocycles. The van der Waals surface area contributed by atoms with Crippen molar-refractivity contribution in [1.82, 2.24) is 9.55 Å². The first-order valence-electron chi connectivity index (χ1n) is 6.28. The van der Waals surface area contributed by atoms with Crippen LogP contribution in [0, 0.1) is 0 Å². The molecule has 6 nitrogen and oxygen atoms in total. The van der Waals surface area contributed by atoms with Gasteiger partial charge in [-0.3, -0.25) is 4.79 Å². The SMILES string of the molecule is CCOC(=O)Cn1c(CCl)nc2c(S(C)(=O)=O)cccc21. The fraction of sp³-hybridized carbons (Fsp3) is 0.385. The van der Waals surface area contributed by atoms with E-state index in [-0.39, 0.29) is 23.9 Å². The van der Waals surface area contributed by atoms with Gasteiger partial charge in [-0.15, -0.1) is 11.6 Å². The van der Waals surface area contributed by atoms with Crippen LogP contribution in [0.3, 0.4) is 0 Å². The molecule has 0 aliphatic rings. The van der Waals surface area contributed by atoms with Crippen LogP contribution in [0.15, 0.2) is 23.1 Å². The number of nitrogens with zero attached hydrogens (tertiary/aromatic N) is 2. The van der Waals surface area contributed by atoms with E-state index in [4.69, 9.17) is 16.3 Å². The number of fused-ring (bicyclic) bond motifs is 1. The maximum absolute atomic E-state index is 11.8. The third-order valence-electron chi connectivity index (χ3n) is 2.93. The van der Waals surface area contributed by atoms with Crippen LogP contribution in [-0.4, -0.2) is 36.8 Å². The Morgan fingerprint density at radius 3 is 2.71 bits per heavy atom. The molecule has 0 saturated heterocycles. The van der Waals surface area contributed by atoms with E-state index in [0.29, 0.717) is 16.9 Å². The van der Waals surface area contributed by atoms with Gasteiger partial charge in [-0.25, -0.2) is 13.4 Å². The van der Waals surface area contributed by atoms with Gasteiger partial charge in [0.15, 0.2) is 9.84 Å². The van der Waals surface area contributed by atoms with Crippen LogP contribution in [0.25, 0.3) is 11.0 Å². The van der Waals surface area contributed by atoms with E-state index >= 15 is 0 Å². The van der Waals surface area contributed by atoms with E-state index in [0.717, 1.165) is 6.26 Å². The van der Waals surface area contributed by atoms with Crippen molar-refractivity contribution in [3.05, 3.63) is 24.0 Å². The lowest BCUT2D eigenvalue weighted by atomic mass is 10.3. The molecule has 0 spiro atoms. The maximum atomic E-state index is 11.8. The number of halogens is 1. The number of hydrogen-bond donors (Lipinski definition) is 0. The third-order valence-corrected chi connectivity index (χ3v) is 4.30. The standard InChI is InChI=1S/C13H15ClN2O4S/c1-3-20-12(17)8-16-9-5-4-6-10(21(2,18)19)13(9)15-11(16)7-14/h4-6H,3,7-8H2,1-2H3. The van der Waals surface area contributed by atoms with Gasteiger partial charge >= 0.3 is 5.97 Å². The number of para-hydroxylation sites is 1. The summed E-state index contributed by atoms with van der Waals surface area (Å²) in [6, 6.07) is 4.80. The molecule has 0 N–H and O–H groups in total. The average molecular weight is 331 g/mol. The van der Waals surface area contributed by atoms with E-state index < -0.39 is 15.8 Å². The van der Waals surface area contributed by atoms with Crippen molar-refractivity contribution in [3.63, 3.8) is 0 Å². The predicted molar refractivity (Wildman–Crippen MR) is 79.0 cm³/mol. The molecule has 2 aromatic rings. The number of ether oxygens (including phenoxy) is 1. The second-order valence-corrected chi connectivity index (χ2v) is 6.70. The van der Waals surface area contributed by atoms with Crippen LogP contribution in [0.1, 0.15) is 12.7 Å². The summed E-state index contributed by atoms with van der Waals surface area (Å²) >= 11 is 5.85. The van der Waals surface area contributed by atoms with E-state index in [9.17, 15) is 13.2 Å². The zero-order chi connectivity index (χ0) is 15.6. The van der Waals surface area contributed by atoms with Gasteiger partial charge in [0.2, 0.25) is 0 Å².